The molecule has 2 aromatic carbocycles. The molecule has 2 rings (SSSR count). The van der Waals surface area contributed by atoms with E-state index in [0.29, 0.717) is 12.1 Å². The van der Waals surface area contributed by atoms with Crippen LogP contribution in [0, 0.1) is 5.82 Å². The molecule has 0 spiro atoms. The van der Waals surface area contributed by atoms with E-state index in [-0.39, 0.29) is 11.3 Å². The Morgan fingerprint density at radius 1 is 1.29 bits per heavy atom. The second-order valence-electron chi connectivity index (χ2n) is 4.30. The van der Waals surface area contributed by atoms with E-state index in [4.69, 9.17) is 5.73 Å². The Hall–Kier alpha value is -2.73. The number of phenolic OH excluding ortho intramolecular Hbond substituents is 1. The first-order valence-corrected chi connectivity index (χ1v) is 6.21. The van der Waals surface area contributed by atoms with Crippen LogP contribution in [0.1, 0.15) is 21.5 Å². The summed E-state index contributed by atoms with van der Waals surface area (Å²) in [5, 5.41) is 13.4. The quantitative estimate of drug-likeness (QED) is 0.591. The smallest absolute Gasteiger partial charge is 0.271 e. The summed E-state index contributed by atoms with van der Waals surface area (Å²) in [6.45, 7) is 0.336. The highest BCUT2D eigenvalue weighted by Gasteiger charge is 2.04. The van der Waals surface area contributed by atoms with Crippen molar-refractivity contribution in [1.29, 1.82) is 0 Å². The molecule has 21 heavy (non-hydrogen) atoms. The van der Waals surface area contributed by atoms with Crippen molar-refractivity contribution in [1.82, 2.24) is 5.43 Å². The first kappa shape index (κ1) is 14.7. The Morgan fingerprint density at radius 3 is 2.67 bits per heavy atom. The van der Waals surface area contributed by atoms with Gasteiger partial charge in [-0.3, -0.25) is 4.79 Å². The zero-order valence-electron chi connectivity index (χ0n) is 11.1. The first-order valence-electron chi connectivity index (χ1n) is 6.21. The molecular formula is C15H14FN3O2. The molecule has 2 aromatic rings. The summed E-state index contributed by atoms with van der Waals surface area (Å²) in [6.07, 6.45) is 1.32. The van der Waals surface area contributed by atoms with Gasteiger partial charge >= 0.3 is 0 Å². The Morgan fingerprint density at radius 2 is 2.00 bits per heavy atom. The molecule has 0 aliphatic carbocycles. The van der Waals surface area contributed by atoms with Gasteiger partial charge in [-0.1, -0.05) is 6.07 Å². The second-order valence-corrected chi connectivity index (χ2v) is 4.30. The largest absolute Gasteiger partial charge is 0.507 e. The van der Waals surface area contributed by atoms with Gasteiger partial charge in [0, 0.05) is 17.7 Å². The van der Waals surface area contributed by atoms with E-state index in [1.54, 1.807) is 12.1 Å². The van der Waals surface area contributed by atoms with Crippen LogP contribution in [-0.2, 0) is 6.54 Å². The molecule has 1 amide bonds. The number of nitrogens with one attached hydrogen (secondary N) is 1. The summed E-state index contributed by atoms with van der Waals surface area (Å²) in [4.78, 5) is 11.7. The van der Waals surface area contributed by atoms with Crippen molar-refractivity contribution < 1.29 is 14.3 Å². The molecule has 0 aromatic heterocycles. The number of halogens is 1. The van der Waals surface area contributed by atoms with Gasteiger partial charge in [-0.05, 0) is 42.0 Å². The number of hydrogen-bond donors (Lipinski definition) is 3. The van der Waals surface area contributed by atoms with Crippen molar-refractivity contribution in [3.05, 3.63) is 65.0 Å². The number of carbonyl (C=O) groups excluding carboxylic acids is 1. The maximum absolute atomic E-state index is 12.7. The van der Waals surface area contributed by atoms with Gasteiger partial charge in [-0.15, -0.1) is 0 Å². The van der Waals surface area contributed by atoms with Gasteiger partial charge in [0.15, 0.2) is 0 Å². The molecule has 6 heteroatoms. The lowest BCUT2D eigenvalue weighted by Gasteiger charge is -2.02. The maximum atomic E-state index is 12.7. The molecule has 5 nitrogen and oxygen atoms in total. The van der Waals surface area contributed by atoms with E-state index in [0.717, 1.165) is 5.56 Å². The summed E-state index contributed by atoms with van der Waals surface area (Å²) in [7, 11) is 0. The van der Waals surface area contributed by atoms with Crippen molar-refractivity contribution in [2.45, 2.75) is 6.54 Å². The summed E-state index contributed by atoms with van der Waals surface area (Å²) in [6, 6.07) is 9.96. The lowest BCUT2D eigenvalue weighted by atomic mass is 10.1. The Bertz CT molecular complexity index is 669. The van der Waals surface area contributed by atoms with E-state index >= 15 is 0 Å². The Balaban J connectivity index is 2.05. The monoisotopic (exact) mass is 287 g/mol. The summed E-state index contributed by atoms with van der Waals surface area (Å²) >= 11 is 0. The van der Waals surface area contributed by atoms with E-state index in [2.05, 4.69) is 10.5 Å². The standard InChI is InChI=1S/C15H14FN3O2/c16-13-4-2-11(3-5-13)15(21)19-18-9-12-7-10(8-17)1-6-14(12)20/h1-7,9,20H,8,17H2,(H,19,21)/b18-9+. The fourth-order valence-corrected chi connectivity index (χ4v) is 1.66. The zero-order chi connectivity index (χ0) is 15.2. The minimum absolute atomic E-state index is 0.0342. The highest BCUT2D eigenvalue weighted by atomic mass is 19.1. The van der Waals surface area contributed by atoms with E-state index < -0.39 is 11.7 Å². The lowest BCUT2D eigenvalue weighted by Crippen LogP contribution is -2.17. The minimum Gasteiger partial charge on any atom is -0.507 e. The number of nitrogens with two attached hydrogens (primary N) is 1. The molecule has 0 saturated heterocycles. The van der Waals surface area contributed by atoms with Crippen molar-refractivity contribution in [2.75, 3.05) is 0 Å². The molecule has 4 N–H and O–H groups in total. The van der Waals surface area contributed by atoms with Crippen molar-refractivity contribution in [3.63, 3.8) is 0 Å². The summed E-state index contributed by atoms with van der Waals surface area (Å²) in [5.41, 5.74) is 9.36. The van der Waals surface area contributed by atoms with Crippen LogP contribution in [-0.4, -0.2) is 17.2 Å². The number of hydrogen-bond acceptors (Lipinski definition) is 4. The van der Waals surface area contributed by atoms with Crippen LogP contribution in [0.25, 0.3) is 0 Å². The predicted molar refractivity (Wildman–Crippen MR) is 77.5 cm³/mol. The van der Waals surface area contributed by atoms with Gasteiger partial charge in [0.2, 0.25) is 0 Å². The lowest BCUT2D eigenvalue weighted by molar-refractivity contribution is 0.0955. The molecule has 0 bridgehead atoms. The van der Waals surface area contributed by atoms with Crippen LogP contribution in [0.3, 0.4) is 0 Å². The van der Waals surface area contributed by atoms with Gasteiger partial charge in [-0.25, -0.2) is 9.82 Å². The third-order valence-corrected chi connectivity index (χ3v) is 2.80. The number of phenols is 1. The predicted octanol–water partition coefficient (Wildman–Crippen LogP) is 1.75. The van der Waals surface area contributed by atoms with E-state index in [9.17, 15) is 14.3 Å². The minimum atomic E-state index is -0.472. The molecule has 0 heterocycles. The Kier molecular flexibility index (Phi) is 4.63. The van der Waals surface area contributed by atoms with Crippen LogP contribution >= 0.6 is 0 Å². The van der Waals surface area contributed by atoms with Crippen LogP contribution in [0.5, 0.6) is 5.75 Å². The number of rotatable bonds is 4. The van der Waals surface area contributed by atoms with Crippen molar-refractivity contribution in [2.24, 2.45) is 10.8 Å². The molecule has 0 unspecified atom stereocenters. The third kappa shape index (κ3) is 3.87. The second kappa shape index (κ2) is 6.62. The highest BCUT2D eigenvalue weighted by Crippen LogP contribution is 2.16. The van der Waals surface area contributed by atoms with Gasteiger partial charge in [0.05, 0.1) is 6.21 Å². The Labute approximate surface area is 120 Å². The number of nitrogens with zero attached hydrogens (tertiary/aromatic N) is 1. The summed E-state index contributed by atoms with van der Waals surface area (Å²) in [5.74, 6) is -0.855. The van der Waals surface area contributed by atoms with Crippen LogP contribution in [0.15, 0.2) is 47.6 Å². The van der Waals surface area contributed by atoms with Crippen LogP contribution in [0.4, 0.5) is 4.39 Å². The molecular weight excluding hydrogens is 273 g/mol. The molecule has 0 aliphatic rings. The van der Waals surface area contributed by atoms with Gasteiger partial charge < -0.3 is 10.8 Å². The summed E-state index contributed by atoms with van der Waals surface area (Å²) < 4.78 is 12.7. The molecule has 0 fully saturated rings. The first-order chi connectivity index (χ1) is 10.1. The SMILES string of the molecule is NCc1ccc(O)c(/C=N/NC(=O)c2ccc(F)cc2)c1. The molecule has 0 saturated carbocycles. The molecule has 0 atom stereocenters. The fourth-order valence-electron chi connectivity index (χ4n) is 1.66. The number of benzene rings is 2. The fraction of sp³-hybridized carbons (Fsp3) is 0.0667. The van der Waals surface area contributed by atoms with Gasteiger partial charge in [0.1, 0.15) is 11.6 Å². The molecule has 0 radical (unpaired) electrons. The van der Waals surface area contributed by atoms with Gasteiger partial charge in [0.25, 0.3) is 5.91 Å². The topological polar surface area (TPSA) is 87.7 Å². The van der Waals surface area contributed by atoms with Crippen molar-refractivity contribution >= 4 is 12.1 Å². The van der Waals surface area contributed by atoms with Crippen LogP contribution < -0.4 is 11.2 Å². The number of aromatic hydroxyl groups is 1. The average molecular weight is 287 g/mol. The number of amides is 1. The van der Waals surface area contributed by atoms with Gasteiger partial charge in [-0.2, -0.15) is 5.10 Å². The van der Waals surface area contributed by atoms with E-state index in [1.165, 1.54) is 36.5 Å². The van der Waals surface area contributed by atoms with Crippen LogP contribution in [0.2, 0.25) is 0 Å². The maximum Gasteiger partial charge on any atom is 0.271 e. The third-order valence-electron chi connectivity index (χ3n) is 2.80. The van der Waals surface area contributed by atoms with E-state index in [1.807, 2.05) is 0 Å². The highest BCUT2D eigenvalue weighted by molar-refractivity contribution is 5.95. The van der Waals surface area contributed by atoms with Crippen molar-refractivity contribution in [3.8, 4) is 5.75 Å². The normalized spacial score (nSPS) is 10.8. The zero-order valence-corrected chi connectivity index (χ0v) is 11.1. The number of hydrazone groups is 1. The average Bonchev–Trinajstić information content (AvgIpc) is 2.49. The molecule has 108 valence electrons. The number of carbonyl (C=O) groups is 1. The molecule has 0 aliphatic heterocycles.